The Morgan fingerprint density at radius 2 is 1.87 bits per heavy atom. The Balaban J connectivity index is 1.75. The summed E-state index contributed by atoms with van der Waals surface area (Å²) in [6.45, 7) is 4.18. The van der Waals surface area contributed by atoms with Crippen molar-refractivity contribution in [2.24, 2.45) is 0 Å². The smallest absolute Gasteiger partial charge is 0.261 e. The second-order valence-electron chi connectivity index (χ2n) is 8.17. The van der Waals surface area contributed by atoms with E-state index in [-0.39, 0.29) is 24.5 Å². The van der Waals surface area contributed by atoms with Crippen LogP contribution in [0.3, 0.4) is 0 Å². The minimum atomic E-state index is -0.539. The Kier molecular flexibility index (Phi) is 8.35. The highest BCUT2D eigenvalue weighted by molar-refractivity contribution is 6.30. The zero-order valence-electron chi connectivity index (χ0n) is 18.3. The lowest BCUT2D eigenvalue weighted by Crippen LogP contribution is -2.52. The van der Waals surface area contributed by atoms with Crippen LogP contribution in [0.2, 0.25) is 5.02 Å². The summed E-state index contributed by atoms with van der Waals surface area (Å²) in [6.07, 6.45) is 4.84. The molecule has 0 aliphatic heterocycles. The number of ether oxygens (including phenoxy) is 1. The molecule has 1 aliphatic carbocycles. The van der Waals surface area contributed by atoms with Gasteiger partial charge in [-0.05, 0) is 56.0 Å². The van der Waals surface area contributed by atoms with E-state index in [0.29, 0.717) is 23.7 Å². The average molecular weight is 443 g/mol. The molecule has 0 unspecified atom stereocenters. The van der Waals surface area contributed by atoms with Crippen LogP contribution in [0.4, 0.5) is 0 Å². The fourth-order valence-electron chi connectivity index (χ4n) is 4.05. The topological polar surface area (TPSA) is 58.6 Å². The molecule has 0 bridgehead atoms. The zero-order valence-corrected chi connectivity index (χ0v) is 19.0. The van der Waals surface area contributed by atoms with Gasteiger partial charge in [0.1, 0.15) is 11.8 Å². The van der Waals surface area contributed by atoms with Gasteiger partial charge in [0.2, 0.25) is 5.91 Å². The SMILES string of the molecule is CC[C@@H](C(=O)NC1CCCC1)N(Cc1cccc(C)c1)C(=O)COc1ccc(Cl)cc1. The van der Waals surface area contributed by atoms with Gasteiger partial charge in [0.15, 0.2) is 6.61 Å². The monoisotopic (exact) mass is 442 g/mol. The molecule has 2 aromatic carbocycles. The first-order chi connectivity index (χ1) is 15.0. The summed E-state index contributed by atoms with van der Waals surface area (Å²) in [6, 6.07) is 14.6. The molecule has 0 heterocycles. The Bertz CT molecular complexity index is 879. The highest BCUT2D eigenvalue weighted by Gasteiger charge is 2.30. The molecule has 166 valence electrons. The van der Waals surface area contributed by atoms with Crippen molar-refractivity contribution in [3.8, 4) is 5.75 Å². The Labute approximate surface area is 189 Å². The number of benzene rings is 2. The van der Waals surface area contributed by atoms with Crippen molar-refractivity contribution in [2.75, 3.05) is 6.61 Å². The first kappa shape index (κ1) is 23.1. The molecule has 5 nitrogen and oxygen atoms in total. The lowest BCUT2D eigenvalue weighted by Gasteiger charge is -2.31. The lowest BCUT2D eigenvalue weighted by atomic mass is 10.1. The normalized spacial score (nSPS) is 14.8. The molecule has 1 saturated carbocycles. The zero-order chi connectivity index (χ0) is 22.2. The van der Waals surface area contributed by atoms with E-state index in [0.717, 1.165) is 36.8 Å². The molecule has 1 N–H and O–H groups in total. The van der Waals surface area contributed by atoms with Gasteiger partial charge in [-0.1, -0.05) is 61.2 Å². The van der Waals surface area contributed by atoms with Crippen LogP contribution in [0.5, 0.6) is 5.75 Å². The summed E-state index contributed by atoms with van der Waals surface area (Å²) in [7, 11) is 0. The molecule has 1 atom stereocenters. The number of nitrogens with one attached hydrogen (secondary N) is 1. The van der Waals surface area contributed by atoms with Crippen LogP contribution >= 0.6 is 11.6 Å². The van der Waals surface area contributed by atoms with Gasteiger partial charge in [-0.15, -0.1) is 0 Å². The highest BCUT2D eigenvalue weighted by Crippen LogP contribution is 2.20. The summed E-state index contributed by atoms with van der Waals surface area (Å²) in [5.41, 5.74) is 2.11. The molecule has 0 aromatic heterocycles. The quantitative estimate of drug-likeness (QED) is 0.601. The molecule has 0 saturated heterocycles. The molecule has 0 radical (unpaired) electrons. The van der Waals surface area contributed by atoms with Crippen LogP contribution in [0.25, 0.3) is 0 Å². The molecule has 2 aromatic rings. The third kappa shape index (κ3) is 6.73. The van der Waals surface area contributed by atoms with Gasteiger partial charge in [0.05, 0.1) is 0 Å². The van der Waals surface area contributed by atoms with Gasteiger partial charge >= 0.3 is 0 Å². The maximum atomic E-state index is 13.2. The van der Waals surface area contributed by atoms with Gasteiger partial charge in [0.25, 0.3) is 5.91 Å². The number of hydrogen-bond acceptors (Lipinski definition) is 3. The summed E-state index contributed by atoms with van der Waals surface area (Å²) >= 11 is 5.92. The fraction of sp³-hybridized carbons (Fsp3) is 0.440. The minimum Gasteiger partial charge on any atom is -0.484 e. The van der Waals surface area contributed by atoms with Gasteiger partial charge in [-0.25, -0.2) is 0 Å². The molecule has 6 heteroatoms. The van der Waals surface area contributed by atoms with Crippen LogP contribution in [0, 0.1) is 6.92 Å². The van der Waals surface area contributed by atoms with E-state index in [1.807, 2.05) is 38.1 Å². The van der Waals surface area contributed by atoms with Crippen LogP contribution in [0.15, 0.2) is 48.5 Å². The van der Waals surface area contributed by atoms with E-state index in [9.17, 15) is 9.59 Å². The second-order valence-corrected chi connectivity index (χ2v) is 8.60. The summed E-state index contributed by atoms with van der Waals surface area (Å²) in [5, 5.41) is 3.76. The second kappa shape index (κ2) is 11.2. The van der Waals surface area contributed by atoms with Crippen molar-refractivity contribution in [3.05, 3.63) is 64.7 Å². The highest BCUT2D eigenvalue weighted by atomic mass is 35.5. The van der Waals surface area contributed by atoms with Crippen LogP contribution in [-0.4, -0.2) is 35.4 Å². The maximum Gasteiger partial charge on any atom is 0.261 e. The Hall–Kier alpha value is -2.53. The standard InChI is InChI=1S/C25H31ClN2O3/c1-3-23(25(30)27-21-9-4-5-10-21)28(16-19-8-6-7-18(2)15-19)24(29)17-31-22-13-11-20(26)12-14-22/h6-8,11-15,21,23H,3-5,9-10,16-17H2,1-2H3,(H,27,30)/t23-/m0/s1. The van der Waals surface area contributed by atoms with Crippen molar-refractivity contribution in [3.63, 3.8) is 0 Å². The van der Waals surface area contributed by atoms with Crippen molar-refractivity contribution < 1.29 is 14.3 Å². The molecule has 2 amide bonds. The first-order valence-electron chi connectivity index (χ1n) is 11.0. The van der Waals surface area contributed by atoms with E-state index < -0.39 is 6.04 Å². The summed E-state index contributed by atoms with van der Waals surface area (Å²) < 4.78 is 5.69. The van der Waals surface area contributed by atoms with Gasteiger partial charge in [-0.2, -0.15) is 0 Å². The van der Waals surface area contributed by atoms with Gasteiger partial charge < -0.3 is 15.0 Å². The predicted octanol–water partition coefficient (Wildman–Crippen LogP) is 4.89. The van der Waals surface area contributed by atoms with Crippen LogP contribution < -0.4 is 10.1 Å². The van der Waals surface area contributed by atoms with E-state index in [2.05, 4.69) is 5.32 Å². The van der Waals surface area contributed by atoms with Crippen LogP contribution in [0.1, 0.15) is 50.2 Å². The largest absolute Gasteiger partial charge is 0.484 e. The van der Waals surface area contributed by atoms with E-state index in [1.54, 1.807) is 29.2 Å². The number of halogens is 1. The molecular weight excluding hydrogens is 412 g/mol. The molecular formula is C25H31ClN2O3. The van der Waals surface area contributed by atoms with Crippen molar-refractivity contribution in [2.45, 2.75) is 64.6 Å². The number of rotatable bonds is 9. The minimum absolute atomic E-state index is 0.0816. The lowest BCUT2D eigenvalue weighted by molar-refractivity contribution is -0.143. The maximum absolute atomic E-state index is 13.2. The van der Waals surface area contributed by atoms with E-state index >= 15 is 0 Å². The van der Waals surface area contributed by atoms with Crippen molar-refractivity contribution >= 4 is 23.4 Å². The van der Waals surface area contributed by atoms with E-state index in [4.69, 9.17) is 16.3 Å². The van der Waals surface area contributed by atoms with Crippen molar-refractivity contribution in [1.82, 2.24) is 10.2 Å². The predicted molar refractivity (Wildman–Crippen MR) is 123 cm³/mol. The Morgan fingerprint density at radius 1 is 1.16 bits per heavy atom. The third-order valence-corrected chi connectivity index (χ3v) is 5.95. The van der Waals surface area contributed by atoms with Gasteiger partial charge in [0, 0.05) is 17.6 Å². The van der Waals surface area contributed by atoms with Crippen LogP contribution in [-0.2, 0) is 16.1 Å². The first-order valence-corrected chi connectivity index (χ1v) is 11.4. The van der Waals surface area contributed by atoms with Crippen molar-refractivity contribution in [1.29, 1.82) is 0 Å². The molecule has 1 fully saturated rings. The molecule has 3 rings (SSSR count). The number of nitrogens with zero attached hydrogens (tertiary/aromatic N) is 1. The van der Waals surface area contributed by atoms with E-state index in [1.165, 1.54) is 0 Å². The fourth-order valence-corrected chi connectivity index (χ4v) is 4.18. The number of hydrogen-bond donors (Lipinski definition) is 1. The number of amides is 2. The number of carbonyl (C=O) groups is 2. The Morgan fingerprint density at radius 3 is 2.52 bits per heavy atom. The number of aryl methyl sites for hydroxylation is 1. The number of carbonyl (C=O) groups excluding carboxylic acids is 2. The summed E-state index contributed by atoms with van der Waals surface area (Å²) in [5.74, 6) is 0.267. The summed E-state index contributed by atoms with van der Waals surface area (Å²) in [4.78, 5) is 27.9. The molecule has 1 aliphatic rings. The third-order valence-electron chi connectivity index (χ3n) is 5.70. The molecule has 0 spiro atoms. The molecule has 31 heavy (non-hydrogen) atoms. The average Bonchev–Trinajstić information content (AvgIpc) is 3.26. The van der Waals surface area contributed by atoms with Gasteiger partial charge in [-0.3, -0.25) is 9.59 Å².